The van der Waals surface area contributed by atoms with E-state index in [1.165, 1.54) is 5.57 Å². The molecule has 1 aliphatic carbocycles. The van der Waals surface area contributed by atoms with Crippen molar-refractivity contribution < 1.29 is 9.59 Å². The number of carbonyl (C=O) groups is 2. The van der Waals surface area contributed by atoms with Gasteiger partial charge in [0.2, 0.25) is 12.3 Å². The van der Waals surface area contributed by atoms with E-state index >= 15 is 0 Å². The summed E-state index contributed by atoms with van der Waals surface area (Å²) < 4.78 is 0. The number of nitrogens with one attached hydrogen (secondary N) is 2. The van der Waals surface area contributed by atoms with Gasteiger partial charge in [0.15, 0.2) is 0 Å². The Morgan fingerprint density at radius 3 is 2.70 bits per heavy atom. The summed E-state index contributed by atoms with van der Waals surface area (Å²) in [5.74, 6) is 0.440. The monoisotopic (exact) mass is 278 g/mol. The fourth-order valence-electron chi connectivity index (χ4n) is 2.50. The number of rotatable bonds is 8. The summed E-state index contributed by atoms with van der Waals surface area (Å²) in [6, 6.07) is -0.349. The average Bonchev–Trinajstić information content (AvgIpc) is 2.38. The van der Waals surface area contributed by atoms with Gasteiger partial charge in [-0.05, 0) is 38.5 Å². The third-order valence-electron chi connectivity index (χ3n) is 3.37. The van der Waals surface area contributed by atoms with Crippen LogP contribution in [0.2, 0.25) is 0 Å². The van der Waals surface area contributed by atoms with Crippen LogP contribution in [0.1, 0.15) is 46.5 Å². The molecule has 0 bridgehead atoms. The fourth-order valence-corrected chi connectivity index (χ4v) is 2.50. The Bertz CT molecular complexity index is 386. The maximum atomic E-state index is 12.2. The van der Waals surface area contributed by atoms with Gasteiger partial charge in [-0.3, -0.25) is 9.59 Å². The Balaban J connectivity index is 2.55. The molecule has 20 heavy (non-hydrogen) atoms. The van der Waals surface area contributed by atoms with Gasteiger partial charge in [0.25, 0.3) is 0 Å². The van der Waals surface area contributed by atoms with Crippen LogP contribution < -0.4 is 10.6 Å². The lowest BCUT2D eigenvalue weighted by Gasteiger charge is -2.22. The van der Waals surface area contributed by atoms with Crippen molar-refractivity contribution >= 4 is 12.3 Å². The van der Waals surface area contributed by atoms with E-state index in [9.17, 15) is 9.59 Å². The second-order valence-corrected chi connectivity index (χ2v) is 5.87. The Kier molecular flexibility index (Phi) is 7.05. The molecule has 4 heteroatoms. The first kappa shape index (κ1) is 16.5. The van der Waals surface area contributed by atoms with Crippen LogP contribution in [0.4, 0.5) is 0 Å². The Labute approximate surface area is 121 Å². The smallest absolute Gasteiger partial charge is 0.243 e. The highest BCUT2D eigenvalue weighted by Gasteiger charge is 2.21. The van der Waals surface area contributed by atoms with E-state index in [-0.39, 0.29) is 11.9 Å². The van der Waals surface area contributed by atoms with Crippen molar-refractivity contribution in [2.45, 2.75) is 58.5 Å². The van der Waals surface area contributed by atoms with E-state index in [2.05, 4.69) is 30.6 Å². The quantitative estimate of drug-likeness (QED) is 0.669. The predicted octanol–water partition coefficient (Wildman–Crippen LogP) is 2.32. The summed E-state index contributed by atoms with van der Waals surface area (Å²) in [5.41, 5.74) is 1.21. The van der Waals surface area contributed by atoms with Gasteiger partial charge in [0.05, 0.1) is 0 Å². The summed E-state index contributed by atoms with van der Waals surface area (Å²) in [6.07, 6.45) is 10.2. The van der Waals surface area contributed by atoms with Crippen LogP contribution in [0.5, 0.6) is 0 Å². The molecule has 2 amide bonds. The van der Waals surface area contributed by atoms with Crippen molar-refractivity contribution in [2.24, 2.45) is 5.92 Å². The molecular weight excluding hydrogens is 252 g/mol. The number of allylic oxidation sites excluding steroid dienone is 3. The molecule has 0 aliphatic heterocycles. The summed E-state index contributed by atoms with van der Waals surface area (Å²) in [7, 11) is 0. The van der Waals surface area contributed by atoms with E-state index in [1.807, 2.05) is 19.1 Å². The minimum absolute atomic E-state index is 0.0966. The highest BCUT2D eigenvalue weighted by molar-refractivity contribution is 5.84. The largest absolute Gasteiger partial charge is 0.352 e. The van der Waals surface area contributed by atoms with Gasteiger partial charge >= 0.3 is 0 Å². The molecule has 0 saturated carbocycles. The number of hydrogen-bond acceptors (Lipinski definition) is 2. The molecule has 0 aromatic rings. The van der Waals surface area contributed by atoms with Crippen molar-refractivity contribution in [1.82, 2.24) is 10.6 Å². The van der Waals surface area contributed by atoms with E-state index in [0.29, 0.717) is 18.7 Å². The Morgan fingerprint density at radius 1 is 1.40 bits per heavy atom. The number of carbonyl (C=O) groups excluding carboxylic acids is 2. The molecule has 2 unspecified atom stereocenters. The normalized spacial score (nSPS) is 17.3. The van der Waals surface area contributed by atoms with Crippen LogP contribution in [0.15, 0.2) is 23.8 Å². The standard InChI is InChI=1S/C16H26N2O2/c1-12(2)9-13(3)18-16(20)15(17-11-19)10-14-7-5-4-6-8-14/h4-5,7,11-13,15H,6,8-10H2,1-3H3,(H,17,19)(H,18,20). The maximum absolute atomic E-state index is 12.2. The van der Waals surface area contributed by atoms with E-state index in [4.69, 9.17) is 0 Å². The minimum Gasteiger partial charge on any atom is -0.352 e. The first-order chi connectivity index (χ1) is 9.52. The van der Waals surface area contributed by atoms with Gasteiger partial charge < -0.3 is 10.6 Å². The van der Waals surface area contributed by atoms with E-state index in [0.717, 1.165) is 19.3 Å². The van der Waals surface area contributed by atoms with Gasteiger partial charge in [-0.15, -0.1) is 0 Å². The van der Waals surface area contributed by atoms with Crippen molar-refractivity contribution in [3.63, 3.8) is 0 Å². The lowest BCUT2D eigenvalue weighted by atomic mass is 9.97. The Hall–Kier alpha value is -1.58. The first-order valence-electron chi connectivity index (χ1n) is 7.37. The molecule has 0 aromatic heterocycles. The summed E-state index contributed by atoms with van der Waals surface area (Å²) in [5, 5.41) is 5.61. The molecule has 0 heterocycles. The average molecular weight is 278 g/mol. The van der Waals surface area contributed by atoms with Gasteiger partial charge in [-0.2, -0.15) is 0 Å². The summed E-state index contributed by atoms with van der Waals surface area (Å²) in [4.78, 5) is 22.9. The van der Waals surface area contributed by atoms with Crippen LogP contribution in [0.25, 0.3) is 0 Å². The molecule has 0 fully saturated rings. The molecule has 2 atom stereocenters. The van der Waals surface area contributed by atoms with Crippen molar-refractivity contribution in [1.29, 1.82) is 0 Å². The molecule has 0 spiro atoms. The second kappa shape index (κ2) is 8.56. The third-order valence-corrected chi connectivity index (χ3v) is 3.37. The van der Waals surface area contributed by atoms with Gasteiger partial charge in [0, 0.05) is 6.04 Å². The summed E-state index contributed by atoms with van der Waals surface area (Å²) in [6.45, 7) is 6.25. The lowest BCUT2D eigenvalue weighted by molar-refractivity contribution is -0.125. The first-order valence-corrected chi connectivity index (χ1v) is 7.37. The zero-order chi connectivity index (χ0) is 15.0. The van der Waals surface area contributed by atoms with E-state index < -0.39 is 6.04 Å². The van der Waals surface area contributed by atoms with Gasteiger partial charge in [-0.1, -0.05) is 37.6 Å². The fraction of sp³-hybridized carbons (Fsp3) is 0.625. The molecule has 1 rings (SSSR count). The van der Waals surface area contributed by atoms with Gasteiger partial charge in [-0.25, -0.2) is 0 Å². The topological polar surface area (TPSA) is 58.2 Å². The van der Waals surface area contributed by atoms with Crippen molar-refractivity contribution in [3.05, 3.63) is 23.8 Å². The van der Waals surface area contributed by atoms with E-state index in [1.54, 1.807) is 0 Å². The molecule has 112 valence electrons. The highest BCUT2D eigenvalue weighted by atomic mass is 16.2. The summed E-state index contributed by atoms with van der Waals surface area (Å²) >= 11 is 0. The van der Waals surface area contributed by atoms with Crippen molar-refractivity contribution in [2.75, 3.05) is 0 Å². The zero-order valence-electron chi connectivity index (χ0n) is 12.7. The molecule has 1 aliphatic rings. The minimum atomic E-state index is -0.472. The highest BCUT2D eigenvalue weighted by Crippen LogP contribution is 2.17. The van der Waals surface area contributed by atoms with Crippen LogP contribution in [0.3, 0.4) is 0 Å². The number of amides is 2. The molecule has 4 nitrogen and oxygen atoms in total. The maximum Gasteiger partial charge on any atom is 0.243 e. The van der Waals surface area contributed by atoms with Crippen LogP contribution in [0, 0.1) is 5.92 Å². The zero-order valence-corrected chi connectivity index (χ0v) is 12.7. The van der Waals surface area contributed by atoms with Gasteiger partial charge in [0.1, 0.15) is 6.04 Å². The number of hydrogen-bond donors (Lipinski definition) is 2. The SMILES string of the molecule is CC(C)CC(C)NC(=O)C(CC1=CC=CCC1)NC=O. The third kappa shape index (κ3) is 6.04. The lowest BCUT2D eigenvalue weighted by Crippen LogP contribution is -2.47. The van der Waals surface area contributed by atoms with Crippen LogP contribution in [-0.4, -0.2) is 24.4 Å². The van der Waals surface area contributed by atoms with Crippen LogP contribution >= 0.6 is 0 Å². The Morgan fingerprint density at radius 2 is 2.15 bits per heavy atom. The second-order valence-electron chi connectivity index (χ2n) is 5.87. The molecular formula is C16H26N2O2. The van der Waals surface area contributed by atoms with Crippen molar-refractivity contribution in [3.8, 4) is 0 Å². The predicted molar refractivity (Wildman–Crippen MR) is 81.1 cm³/mol. The molecule has 0 radical (unpaired) electrons. The van der Waals surface area contributed by atoms with Crippen LogP contribution in [-0.2, 0) is 9.59 Å². The molecule has 0 aromatic carbocycles. The molecule has 2 N–H and O–H groups in total. The molecule has 0 saturated heterocycles.